The van der Waals surface area contributed by atoms with Gasteiger partial charge in [-0.3, -0.25) is 4.79 Å². The molecule has 0 heterocycles. The molecule has 2 aliphatic rings. The molecule has 0 bridgehead atoms. The van der Waals surface area contributed by atoms with E-state index in [2.05, 4.69) is 6.92 Å². The zero-order valence-electron chi connectivity index (χ0n) is 9.71. The predicted octanol–water partition coefficient (Wildman–Crippen LogP) is 3.30. The Labute approximate surface area is 92.4 Å². The van der Waals surface area contributed by atoms with Gasteiger partial charge in [0.1, 0.15) is 6.10 Å². The molecule has 0 saturated heterocycles. The average Bonchev–Trinajstić information content (AvgIpc) is 2.15. The van der Waals surface area contributed by atoms with Crippen LogP contribution in [0.3, 0.4) is 0 Å². The molecule has 86 valence electrons. The summed E-state index contributed by atoms with van der Waals surface area (Å²) in [4.78, 5) is 11.7. The van der Waals surface area contributed by atoms with Gasteiger partial charge < -0.3 is 4.74 Å². The maximum Gasteiger partial charge on any atom is 0.309 e. The molecular weight excluding hydrogens is 188 g/mol. The molecule has 2 unspecified atom stereocenters. The lowest BCUT2D eigenvalue weighted by Gasteiger charge is -2.33. The van der Waals surface area contributed by atoms with Gasteiger partial charge in [-0.05, 0) is 44.4 Å². The van der Waals surface area contributed by atoms with Crippen LogP contribution in [0.1, 0.15) is 58.3 Å². The van der Waals surface area contributed by atoms with Gasteiger partial charge in [0.2, 0.25) is 0 Å². The van der Waals surface area contributed by atoms with Gasteiger partial charge in [0.15, 0.2) is 0 Å². The van der Waals surface area contributed by atoms with E-state index in [0.717, 1.165) is 25.7 Å². The van der Waals surface area contributed by atoms with Crippen molar-refractivity contribution in [3.8, 4) is 0 Å². The lowest BCUT2D eigenvalue weighted by Crippen LogP contribution is -2.34. The predicted molar refractivity (Wildman–Crippen MR) is 59.5 cm³/mol. The van der Waals surface area contributed by atoms with Crippen molar-refractivity contribution in [3.63, 3.8) is 0 Å². The van der Waals surface area contributed by atoms with Crippen molar-refractivity contribution >= 4 is 5.97 Å². The van der Waals surface area contributed by atoms with Crippen LogP contribution in [-0.2, 0) is 9.53 Å². The van der Waals surface area contributed by atoms with Crippen LogP contribution in [0, 0.1) is 11.8 Å². The molecule has 0 aliphatic heterocycles. The maximum absolute atomic E-state index is 11.7. The lowest BCUT2D eigenvalue weighted by molar-refractivity contribution is -0.161. The number of esters is 1. The van der Waals surface area contributed by atoms with Crippen LogP contribution in [-0.4, -0.2) is 12.1 Å². The summed E-state index contributed by atoms with van der Waals surface area (Å²) in [6.07, 6.45) is 9.61. The van der Waals surface area contributed by atoms with Gasteiger partial charge in [-0.15, -0.1) is 0 Å². The molecule has 0 aromatic heterocycles. The summed E-state index contributed by atoms with van der Waals surface area (Å²) in [5, 5.41) is 0. The highest BCUT2D eigenvalue weighted by atomic mass is 16.5. The third kappa shape index (κ3) is 2.53. The summed E-state index contributed by atoms with van der Waals surface area (Å²) in [6.45, 7) is 2.21. The van der Waals surface area contributed by atoms with Gasteiger partial charge in [0, 0.05) is 0 Å². The molecule has 2 rings (SSSR count). The van der Waals surface area contributed by atoms with Crippen molar-refractivity contribution < 1.29 is 9.53 Å². The Morgan fingerprint density at radius 2 is 1.87 bits per heavy atom. The fourth-order valence-electron chi connectivity index (χ4n) is 2.69. The number of hydrogen-bond acceptors (Lipinski definition) is 2. The molecule has 0 radical (unpaired) electrons. The smallest absolute Gasteiger partial charge is 0.309 e. The van der Waals surface area contributed by atoms with E-state index in [1.54, 1.807) is 0 Å². The normalized spacial score (nSPS) is 32.1. The quantitative estimate of drug-likeness (QED) is 0.668. The molecule has 2 atom stereocenters. The van der Waals surface area contributed by atoms with E-state index < -0.39 is 0 Å². The summed E-state index contributed by atoms with van der Waals surface area (Å²) in [5.74, 6) is 0.957. The zero-order valence-corrected chi connectivity index (χ0v) is 9.71. The monoisotopic (exact) mass is 210 g/mol. The fraction of sp³-hybridized carbons (Fsp3) is 0.923. The van der Waals surface area contributed by atoms with Crippen LogP contribution in [0.5, 0.6) is 0 Å². The van der Waals surface area contributed by atoms with Crippen molar-refractivity contribution in [1.82, 2.24) is 0 Å². The first-order valence-corrected chi connectivity index (χ1v) is 6.51. The number of carbonyl (C=O) groups excluding carboxylic acids is 1. The minimum absolute atomic E-state index is 0.0894. The second-order valence-corrected chi connectivity index (χ2v) is 5.06. The van der Waals surface area contributed by atoms with Crippen LogP contribution >= 0.6 is 0 Å². The van der Waals surface area contributed by atoms with E-state index in [-0.39, 0.29) is 18.0 Å². The maximum atomic E-state index is 11.7. The Morgan fingerprint density at radius 1 is 1.13 bits per heavy atom. The Hall–Kier alpha value is -0.530. The molecule has 2 nitrogen and oxygen atoms in total. The molecule has 15 heavy (non-hydrogen) atoms. The third-order valence-electron chi connectivity index (χ3n) is 4.07. The first-order valence-electron chi connectivity index (χ1n) is 6.51. The molecular formula is C13H22O2. The molecule has 0 N–H and O–H groups in total. The van der Waals surface area contributed by atoms with Gasteiger partial charge in [-0.1, -0.05) is 19.8 Å². The summed E-state index contributed by atoms with van der Waals surface area (Å²) in [7, 11) is 0. The SMILES string of the molecule is CCC1CCCCC1OC(=O)C1CCC1. The Bertz CT molecular complexity index is 221. The van der Waals surface area contributed by atoms with E-state index in [0.29, 0.717) is 5.92 Å². The highest BCUT2D eigenvalue weighted by Gasteiger charge is 2.32. The van der Waals surface area contributed by atoms with Gasteiger partial charge in [0.05, 0.1) is 5.92 Å². The minimum atomic E-state index is 0.0894. The van der Waals surface area contributed by atoms with E-state index in [1.807, 2.05) is 0 Å². The van der Waals surface area contributed by atoms with Crippen LogP contribution in [0.15, 0.2) is 0 Å². The van der Waals surface area contributed by atoms with Crippen molar-refractivity contribution in [2.45, 2.75) is 64.4 Å². The molecule has 0 amide bonds. The third-order valence-corrected chi connectivity index (χ3v) is 4.07. The standard InChI is InChI=1S/C13H22O2/c1-2-10-6-3-4-9-12(10)15-13(14)11-7-5-8-11/h10-12H,2-9H2,1H3. The van der Waals surface area contributed by atoms with E-state index in [9.17, 15) is 4.79 Å². The first-order chi connectivity index (χ1) is 7.31. The largest absolute Gasteiger partial charge is 0.462 e. The topological polar surface area (TPSA) is 26.3 Å². The second-order valence-electron chi connectivity index (χ2n) is 5.06. The highest BCUT2D eigenvalue weighted by Crippen LogP contribution is 2.32. The molecule has 0 aromatic carbocycles. The summed E-state index contributed by atoms with van der Waals surface area (Å²) >= 11 is 0. The number of hydrogen-bond donors (Lipinski definition) is 0. The zero-order chi connectivity index (χ0) is 10.7. The van der Waals surface area contributed by atoms with E-state index in [4.69, 9.17) is 4.74 Å². The molecule has 2 heteroatoms. The fourth-order valence-corrected chi connectivity index (χ4v) is 2.69. The molecule has 0 spiro atoms. The number of rotatable bonds is 3. The van der Waals surface area contributed by atoms with Crippen molar-refractivity contribution in [2.75, 3.05) is 0 Å². The number of carbonyl (C=O) groups is 1. The van der Waals surface area contributed by atoms with Crippen molar-refractivity contribution in [2.24, 2.45) is 11.8 Å². The second kappa shape index (κ2) is 5.00. The first kappa shape index (κ1) is 11.0. The van der Waals surface area contributed by atoms with Crippen molar-refractivity contribution in [3.05, 3.63) is 0 Å². The number of ether oxygens (including phenoxy) is 1. The van der Waals surface area contributed by atoms with Gasteiger partial charge in [0.25, 0.3) is 0 Å². The minimum Gasteiger partial charge on any atom is -0.462 e. The Balaban J connectivity index is 1.82. The van der Waals surface area contributed by atoms with Gasteiger partial charge in [-0.2, -0.15) is 0 Å². The Morgan fingerprint density at radius 3 is 2.47 bits per heavy atom. The van der Waals surface area contributed by atoms with Crippen LogP contribution in [0.2, 0.25) is 0 Å². The molecule has 2 aliphatic carbocycles. The van der Waals surface area contributed by atoms with Crippen LogP contribution < -0.4 is 0 Å². The highest BCUT2D eigenvalue weighted by molar-refractivity contribution is 5.73. The van der Waals surface area contributed by atoms with Crippen LogP contribution in [0.4, 0.5) is 0 Å². The van der Waals surface area contributed by atoms with Crippen molar-refractivity contribution in [1.29, 1.82) is 0 Å². The summed E-state index contributed by atoms with van der Waals surface area (Å²) in [6, 6.07) is 0. The Kier molecular flexibility index (Phi) is 3.66. The molecule has 2 fully saturated rings. The van der Waals surface area contributed by atoms with Gasteiger partial charge >= 0.3 is 5.97 Å². The summed E-state index contributed by atoms with van der Waals surface area (Å²) in [5.41, 5.74) is 0. The molecule has 2 saturated carbocycles. The summed E-state index contributed by atoms with van der Waals surface area (Å²) < 4.78 is 5.66. The molecule has 0 aromatic rings. The van der Waals surface area contributed by atoms with Gasteiger partial charge in [-0.25, -0.2) is 0 Å². The lowest BCUT2D eigenvalue weighted by atomic mass is 9.83. The van der Waals surface area contributed by atoms with Crippen LogP contribution in [0.25, 0.3) is 0 Å². The van der Waals surface area contributed by atoms with E-state index in [1.165, 1.54) is 25.7 Å². The average molecular weight is 210 g/mol. The van der Waals surface area contributed by atoms with E-state index >= 15 is 0 Å².